The predicted octanol–water partition coefficient (Wildman–Crippen LogP) is 3.80. The lowest BCUT2D eigenvalue weighted by Gasteiger charge is -2.04. The Morgan fingerprint density at radius 3 is 2.53 bits per heavy atom. The van der Waals surface area contributed by atoms with E-state index in [4.69, 9.17) is 9.47 Å². The fraction of sp³-hybridized carbons (Fsp3) is 0.200. The maximum Gasteiger partial charge on any atom is 0.348 e. The van der Waals surface area contributed by atoms with Gasteiger partial charge in [0.1, 0.15) is 21.4 Å². The summed E-state index contributed by atoms with van der Waals surface area (Å²) in [4.78, 5) is 37.3. The van der Waals surface area contributed by atoms with Crippen molar-refractivity contribution in [3.05, 3.63) is 57.8 Å². The molecular weight excluding hydrogens is 413 g/mol. The highest BCUT2D eigenvalue weighted by atomic mass is 32.1. The summed E-state index contributed by atoms with van der Waals surface area (Å²) in [5, 5.41) is 9.44. The molecule has 0 saturated carbocycles. The minimum atomic E-state index is -0.689. The molecule has 0 unspecified atom stereocenters. The molecule has 3 rings (SSSR count). The molecule has 156 valence electrons. The van der Waals surface area contributed by atoms with Crippen LogP contribution < -0.4 is 5.32 Å². The molecule has 0 aliphatic carbocycles. The molecule has 30 heavy (non-hydrogen) atoms. The van der Waals surface area contributed by atoms with Gasteiger partial charge in [0.15, 0.2) is 0 Å². The van der Waals surface area contributed by atoms with E-state index in [1.807, 2.05) is 0 Å². The molecule has 1 amide bonds. The number of nitrogens with one attached hydrogen (secondary N) is 2. The third-order valence-corrected chi connectivity index (χ3v) is 5.37. The van der Waals surface area contributed by atoms with Crippen LogP contribution in [0.4, 0.5) is 9.39 Å². The van der Waals surface area contributed by atoms with Crippen LogP contribution in [0.2, 0.25) is 0 Å². The van der Waals surface area contributed by atoms with Crippen molar-refractivity contribution in [2.75, 3.05) is 19.0 Å². The molecule has 2 N–H and O–H groups in total. The number of anilines is 1. The number of hydrogen-bond donors (Lipinski definition) is 2. The smallest absolute Gasteiger partial charge is 0.348 e. The maximum atomic E-state index is 13.1. The lowest BCUT2D eigenvalue weighted by Crippen LogP contribution is -2.14. The Balaban J connectivity index is 1.89. The predicted molar refractivity (Wildman–Crippen MR) is 108 cm³/mol. The van der Waals surface area contributed by atoms with Gasteiger partial charge in [-0.25, -0.2) is 14.0 Å². The van der Waals surface area contributed by atoms with Gasteiger partial charge in [-0.1, -0.05) is 0 Å². The summed E-state index contributed by atoms with van der Waals surface area (Å²) in [6.45, 7) is 3.42. The monoisotopic (exact) mass is 431 g/mol. The SMILES string of the molecule is CCOC(=O)c1sc(NC(=O)c2cc(-c3ccc(F)cc3)n[nH]2)c(C(=O)OC)c1C. The number of benzene rings is 1. The number of carbonyl (C=O) groups excluding carboxylic acids is 3. The molecule has 0 spiro atoms. The molecule has 1 aromatic carbocycles. The molecule has 0 atom stereocenters. The number of aromatic nitrogens is 2. The van der Waals surface area contributed by atoms with Crippen molar-refractivity contribution in [3.63, 3.8) is 0 Å². The van der Waals surface area contributed by atoms with E-state index < -0.39 is 17.8 Å². The van der Waals surface area contributed by atoms with Crippen molar-refractivity contribution in [2.24, 2.45) is 0 Å². The minimum absolute atomic E-state index is 0.0807. The Morgan fingerprint density at radius 1 is 1.20 bits per heavy atom. The average Bonchev–Trinajstić information content (AvgIpc) is 3.33. The first-order valence-electron chi connectivity index (χ1n) is 8.87. The number of methoxy groups -OCH3 is 1. The van der Waals surface area contributed by atoms with Crippen molar-refractivity contribution in [1.82, 2.24) is 10.2 Å². The number of ether oxygens (including phenoxy) is 2. The van der Waals surface area contributed by atoms with Gasteiger partial charge in [-0.3, -0.25) is 9.89 Å². The fourth-order valence-electron chi connectivity index (χ4n) is 2.72. The topological polar surface area (TPSA) is 110 Å². The zero-order chi connectivity index (χ0) is 21.8. The van der Waals surface area contributed by atoms with Gasteiger partial charge in [-0.05, 0) is 49.7 Å². The number of carbonyl (C=O) groups is 3. The highest BCUT2D eigenvalue weighted by Crippen LogP contribution is 2.34. The van der Waals surface area contributed by atoms with Crippen LogP contribution in [-0.2, 0) is 9.47 Å². The Kier molecular flexibility index (Phi) is 6.26. The van der Waals surface area contributed by atoms with Crippen LogP contribution in [-0.4, -0.2) is 41.8 Å². The summed E-state index contributed by atoms with van der Waals surface area (Å²) in [6.07, 6.45) is 0. The zero-order valence-electron chi connectivity index (χ0n) is 16.4. The highest BCUT2D eigenvalue weighted by Gasteiger charge is 2.27. The van der Waals surface area contributed by atoms with Crippen LogP contribution >= 0.6 is 11.3 Å². The first kappa shape index (κ1) is 21.2. The summed E-state index contributed by atoms with van der Waals surface area (Å²) in [6, 6.07) is 7.15. The minimum Gasteiger partial charge on any atom is -0.465 e. The van der Waals surface area contributed by atoms with E-state index in [2.05, 4.69) is 15.5 Å². The van der Waals surface area contributed by atoms with E-state index in [9.17, 15) is 18.8 Å². The quantitative estimate of drug-likeness (QED) is 0.575. The Hall–Kier alpha value is -3.53. The van der Waals surface area contributed by atoms with Gasteiger partial charge in [0, 0.05) is 5.56 Å². The van der Waals surface area contributed by atoms with E-state index >= 15 is 0 Å². The van der Waals surface area contributed by atoms with Gasteiger partial charge in [0.2, 0.25) is 0 Å². The molecule has 2 heterocycles. The lowest BCUT2D eigenvalue weighted by molar-refractivity contribution is 0.0531. The van der Waals surface area contributed by atoms with Crippen molar-refractivity contribution in [3.8, 4) is 11.3 Å². The van der Waals surface area contributed by atoms with E-state index in [-0.39, 0.29) is 33.6 Å². The number of thiophene rings is 1. The van der Waals surface area contributed by atoms with Gasteiger partial charge in [0.05, 0.1) is 25.0 Å². The van der Waals surface area contributed by atoms with Gasteiger partial charge < -0.3 is 14.8 Å². The number of esters is 2. The molecule has 0 aliphatic rings. The number of halogens is 1. The number of aromatic amines is 1. The first-order valence-corrected chi connectivity index (χ1v) is 9.68. The third-order valence-electron chi connectivity index (χ3n) is 4.19. The standard InChI is InChI=1S/C20H18FN3O5S/c1-4-29-20(27)16-10(2)15(19(26)28-3)18(30-16)22-17(25)14-9-13(23-24-14)11-5-7-12(21)8-6-11/h5-9H,4H2,1-3H3,(H,22,25)(H,23,24). The molecule has 0 aliphatic heterocycles. The average molecular weight is 431 g/mol. The van der Waals surface area contributed by atoms with Crippen LogP contribution in [0.25, 0.3) is 11.3 Å². The normalized spacial score (nSPS) is 10.5. The number of amides is 1. The molecule has 0 fully saturated rings. The Bertz CT molecular complexity index is 1100. The first-order chi connectivity index (χ1) is 14.3. The van der Waals surface area contributed by atoms with E-state index in [0.29, 0.717) is 16.8 Å². The Morgan fingerprint density at radius 2 is 1.90 bits per heavy atom. The molecule has 0 saturated heterocycles. The lowest BCUT2D eigenvalue weighted by atomic mass is 10.1. The van der Waals surface area contributed by atoms with Gasteiger partial charge in [-0.15, -0.1) is 11.3 Å². The largest absolute Gasteiger partial charge is 0.465 e. The van der Waals surface area contributed by atoms with Gasteiger partial charge in [-0.2, -0.15) is 5.10 Å². The van der Waals surface area contributed by atoms with E-state index in [1.165, 1.54) is 37.4 Å². The van der Waals surface area contributed by atoms with Crippen molar-refractivity contribution in [1.29, 1.82) is 0 Å². The maximum absolute atomic E-state index is 13.1. The van der Waals surface area contributed by atoms with Crippen molar-refractivity contribution >= 4 is 34.2 Å². The second-order valence-electron chi connectivity index (χ2n) is 6.10. The summed E-state index contributed by atoms with van der Waals surface area (Å²) in [7, 11) is 1.21. The summed E-state index contributed by atoms with van der Waals surface area (Å²) in [5.41, 5.74) is 1.63. The van der Waals surface area contributed by atoms with Crippen LogP contribution in [0.1, 0.15) is 43.0 Å². The second kappa shape index (κ2) is 8.87. The summed E-state index contributed by atoms with van der Waals surface area (Å²) < 4.78 is 22.9. The molecule has 0 radical (unpaired) electrons. The highest BCUT2D eigenvalue weighted by molar-refractivity contribution is 7.18. The van der Waals surface area contributed by atoms with E-state index in [1.54, 1.807) is 13.8 Å². The van der Waals surface area contributed by atoms with Crippen molar-refractivity contribution in [2.45, 2.75) is 13.8 Å². The molecule has 8 nitrogen and oxygen atoms in total. The van der Waals surface area contributed by atoms with Crippen LogP contribution in [0.5, 0.6) is 0 Å². The van der Waals surface area contributed by atoms with Crippen LogP contribution in [0.3, 0.4) is 0 Å². The number of rotatable bonds is 6. The fourth-order valence-corrected chi connectivity index (χ4v) is 3.80. The van der Waals surface area contributed by atoms with E-state index in [0.717, 1.165) is 11.3 Å². The summed E-state index contributed by atoms with van der Waals surface area (Å²) >= 11 is 0.922. The molecule has 3 aromatic rings. The number of hydrogen-bond acceptors (Lipinski definition) is 7. The summed E-state index contributed by atoms with van der Waals surface area (Å²) in [5.74, 6) is -2.23. The second-order valence-corrected chi connectivity index (χ2v) is 7.12. The van der Waals surface area contributed by atoms with Crippen LogP contribution in [0, 0.1) is 12.7 Å². The Labute approximate surface area is 175 Å². The molecular formula is C20H18FN3O5S. The van der Waals surface area contributed by atoms with Gasteiger partial charge in [0.25, 0.3) is 5.91 Å². The zero-order valence-corrected chi connectivity index (χ0v) is 17.2. The number of H-pyrrole nitrogens is 1. The van der Waals surface area contributed by atoms with Gasteiger partial charge >= 0.3 is 11.9 Å². The number of nitrogens with zero attached hydrogens (tertiary/aromatic N) is 1. The molecule has 10 heteroatoms. The molecule has 0 bridgehead atoms. The van der Waals surface area contributed by atoms with Crippen molar-refractivity contribution < 1.29 is 28.2 Å². The van der Waals surface area contributed by atoms with Crippen LogP contribution in [0.15, 0.2) is 30.3 Å². The third kappa shape index (κ3) is 4.23. The molecule has 2 aromatic heterocycles.